The molecule has 3 aromatic rings. The maximum Gasteiger partial charge on any atom is 0.257 e. The molecule has 2 aromatic carbocycles. The molecule has 0 saturated carbocycles. The van der Waals surface area contributed by atoms with Gasteiger partial charge in [-0.25, -0.2) is 4.98 Å². The Balaban J connectivity index is 1.51. The number of benzene rings is 2. The number of rotatable bonds is 5. The lowest BCUT2D eigenvalue weighted by molar-refractivity contribution is -0.128. The van der Waals surface area contributed by atoms with Crippen LogP contribution in [0.2, 0.25) is 0 Å². The highest BCUT2D eigenvalue weighted by atomic mass is 16.2. The van der Waals surface area contributed by atoms with Crippen molar-refractivity contribution >= 4 is 17.8 Å². The van der Waals surface area contributed by atoms with E-state index >= 15 is 0 Å². The summed E-state index contributed by atoms with van der Waals surface area (Å²) in [4.78, 5) is 30.9. The molecule has 0 bridgehead atoms. The first-order valence-electron chi connectivity index (χ1n) is 10.2. The fourth-order valence-electron chi connectivity index (χ4n) is 3.77. The highest BCUT2D eigenvalue weighted by molar-refractivity contribution is 6.03. The third-order valence-corrected chi connectivity index (χ3v) is 5.60. The SMILES string of the molecule is Cc1ccc(-c2cnc(NC(=O)c3cccc(CN4CCCC4=O)c3)n2C)cc1C#N. The van der Waals surface area contributed by atoms with Gasteiger partial charge in [-0.1, -0.05) is 24.3 Å². The zero-order valence-electron chi connectivity index (χ0n) is 17.6. The molecule has 0 aliphatic carbocycles. The second-order valence-corrected chi connectivity index (χ2v) is 7.74. The maximum absolute atomic E-state index is 12.8. The molecular formula is C24H23N5O2. The van der Waals surface area contributed by atoms with E-state index in [-0.39, 0.29) is 11.8 Å². The number of aromatic nitrogens is 2. The standard InChI is InChI=1S/C24H23N5O2/c1-16-8-9-18(12-20(16)13-25)21-14-26-24(28(21)2)27-23(31)19-6-3-5-17(11-19)15-29-10-4-7-22(29)30/h3,5-6,8-9,11-12,14H,4,7,10,15H2,1-2H3,(H,26,27,31). The van der Waals surface area contributed by atoms with Crippen LogP contribution < -0.4 is 5.32 Å². The van der Waals surface area contributed by atoms with Crippen LogP contribution in [-0.2, 0) is 18.4 Å². The molecule has 0 radical (unpaired) electrons. The highest BCUT2D eigenvalue weighted by Crippen LogP contribution is 2.24. The van der Waals surface area contributed by atoms with Crippen molar-refractivity contribution in [2.45, 2.75) is 26.3 Å². The van der Waals surface area contributed by atoms with Gasteiger partial charge in [-0.15, -0.1) is 0 Å². The van der Waals surface area contributed by atoms with Crippen LogP contribution >= 0.6 is 0 Å². The van der Waals surface area contributed by atoms with E-state index in [0.717, 1.165) is 35.3 Å². The summed E-state index contributed by atoms with van der Waals surface area (Å²) in [6, 6.07) is 15.1. The summed E-state index contributed by atoms with van der Waals surface area (Å²) in [5, 5.41) is 12.1. The van der Waals surface area contributed by atoms with Crippen LogP contribution in [0, 0.1) is 18.3 Å². The van der Waals surface area contributed by atoms with E-state index in [9.17, 15) is 14.9 Å². The van der Waals surface area contributed by atoms with E-state index in [1.165, 1.54) is 0 Å². The van der Waals surface area contributed by atoms with Gasteiger partial charge in [-0.3, -0.25) is 14.9 Å². The molecule has 0 atom stereocenters. The summed E-state index contributed by atoms with van der Waals surface area (Å²) in [5.41, 5.74) is 4.61. The van der Waals surface area contributed by atoms with Gasteiger partial charge in [0.2, 0.25) is 11.9 Å². The number of likely N-dealkylation sites (tertiary alicyclic amines) is 1. The Morgan fingerprint density at radius 2 is 2.10 bits per heavy atom. The molecule has 2 amide bonds. The predicted octanol–water partition coefficient (Wildman–Crippen LogP) is 3.64. The van der Waals surface area contributed by atoms with E-state index in [1.807, 2.05) is 55.3 Å². The van der Waals surface area contributed by atoms with Crippen molar-refractivity contribution in [2.75, 3.05) is 11.9 Å². The van der Waals surface area contributed by atoms with E-state index in [2.05, 4.69) is 16.4 Å². The number of anilines is 1. The minimum Gasteiger partial charge on any atom is -0.338 e. The van der Waals surface area contributed by atoms with Crippen LogP contribution in [0.3, 0.4) is 0 Å². The topological polar surface area (TPSA) is 91.0 Å². The van der Waals surface area contributed by atoms with E-state index in [1.54, 1.807) is 16.8 Å². The van der Waals surface area contributed by atoms with E-state index < -0.39 is 0 Å². The molecule has 0 unspecified atom stereocenters. The van der Waals surface area contributed by atoms with Crippen molar-refractivity contribution in [3.05, 3.63) is 70.9 Å². The van der Waals surface area contributed by atoms with E-state index in [0.29, 0.717) is 30.0 Å². The molecule has 7 nitrogen and oxygen atoms in total. The summed E-state index contributed by atoms with van der Waals surface area (Å²) in [6.45, 7) is 3.17. The maximum atomic E-state index is 12.8. The highest BCUT2D eigenvalue weighted by Gasteiger charge is 2.20. The van der Waals surface area contributed by atoms with Crippen molar-refractivity contribution in [1.29, 1.82) is 5.26 Å². The zero-order valence-corrected chi connectivity index (χ0v) is 17.6. The lowest BCUT2D eigenvalue weighted by atomic mass is 10.0. The molecular weight excluding hydrogens is 390 g/mol. The van der Waals surface area contributed by atoms with Crippen LogP contribution in [0.1, 0.15) is 39.9 Å². The minimum absolute atomic E-state index is 0.158. The first-order valence-corrected chi connectivity index (χ1v) is 10.2. The van der Waals surface area contributed by atoms with Crippen LogP contribution in [0.4, 0.5) is 5.95 Å². The van der Waals surface area contributed by atoms with Gasteiger partial charge in [0.1, 0.15) is 0 Å². The number of aryl methyl sites for hydroxylation is 1. The Bertz CT molecular complexity index is 1200. The lowest BCUT2D eigenvalue weighted by Crippen LogP contribution is -2.24. The smallest absolute Gasteiger partial charge is 0.257 e. The van der Waals surface area contributed by atoms with Crippen LogP contribution in [-0.4, -0.2) is 32.8 Å². The van der Waals surface area contributed by atoms with Crippen molar-refractivity contribution in [3.63, 3.8) is 0 Å². The predicted molar refractivity (Wildman–Crippen MR) is 117 cm³/mol. The van der Waals surface area contributed by atoms with Gasteiger partial charge in [0, 0.05) is 37.7 Å². The second-order valence-electron chi connectivity index (χ2n) is 7.74. The van der Waals surface area contributed by atoms with Gasteiger partial charge in [0.15, 0.2) is 0 Å². The average Bonchev–Trinajstić information content (AvgIpc) is 3.34. The number of nitriles is 1. The zero-order chi connectivity index (χ0) is 22.0. The molecule has 7 heteroatoms. The Labute approximate surface area is 180 Å². The third kappa shape index (κ3) is 4.19. The normalized spacial score (nSPS) is 13.3. The average molecular weight is 413 g/mol. The van der Waals surface area contributed by atoms with Crippen molar-refractivity contribution in [2.24, 2.45) is 7.05 Å². The largest absolute Gasteiger partial charge is 0.338 e. The molecule has 1 saturated heterocycles. The molecule has 1 aliphatic heterocycles. The van der Waals surface area contributed by atoms with Gasteiger partial charge >= 0.3 is 0 Å². The fourth-order valence-corrected chi connectivity index (χ4v) is 3.77. The van der Waals surface area contributed by atoms with Crippen molar-refractivity contribution in [3.8, 4) is 17.3 Å². The number of hydrogen-bond donors (Lipinski definition) is 1. The molecule has 1 fully saturated rings. The van der Waals surface area contributed by atoms with E-state index in [4.69, 9.17) is 0 Å². The number of nitrogens with one attached hydrogen (secondary N) is 1. The van der Waals surface area contributed by atoms with Crippen molar-refractivity contribution < 1.29 is 9.59 Å². The van der Waals surface area contributed by atoms with Crippen LogP contribution in [0.25, 0.3) is 11.3 Å². The number of amides is 2. The molecule has 156 valence electrons. The fraction of sp³-hybridized carbons (Fsp3) is 0.250. The molecule has 1 aromatic heterocycles. The molecule has 4 rings (SSSR count). The Hall–Kier alpha value is -3.92. The molecule has 2 heterocycles. The number of hydrogen-bond acceptors (Lipinski definition) is 4. The Kier molecular flexibility index (Phi) is 5.54. The summed E-state index contributed by atoms with van der Waals surface area (Å²) in [5.74, 6) is 0.307. The summed E-state index contributed by atoms with van der Waals surface area (Å²) < 4.78 is 1.79. The number of carbonyl (C=O) groups is 2. The summed E-state index contributed by atoms with van der Waals surface area (Å²) in [6.07, 6.45) is 3.16. The molecule has 1 N–H and O–H groups in total. The van der Waals surface area contributed by atoms with Gasteiger partial charge in [0.25, 0.3) is 5.91 Å². The van der Waals surface area contributed by atoms with Crippen molar-refractivity contribution in [1.82, 2.24) is 14.5 Å². The Morgan fingerprint density at radius 3 is 2.84 bits per heavy atom. The minimum atomic E-state index is -0.267. The molecule has 1 aliphatic rings. The molecule has 31 heavy (non-hydrogen) atoms. The van der Waals surface area contributed by atoms with Gasteiger partial charge in [-0.2, -0.15) is 5.26 Å². The summed E-state index contributed by atoms with van der Waals surface area (Å²) >= 11 is 0. The van der Waals surface area contributed by atoms with Crippen LogP contribution in [0.5, 0.6) is 0 Å². The number of carbonyl (C=O) groups excluding carboxylic acids is 2. The van der Waals surface area contributed by atoms with Gasteiger partial charge in [-0.05, 0) is 42.7 Å². The molecule has 0 spiro atoms. The number of imidazole rings is 1. The first-order chi connectivity index (χ1) is 15.0. The van der Waals surface area contributed by atoms with Gasteiger partial charge in [0.05, 0.1) is 23.5 Å². The third-order valence-electron chi connectivity index (χ3n) is 5.60. The number of nitrogens with zero attached hydrogens (tertiary/aromatic N) is 4. The Morgan fingerprint density at radius 1 is 1.26 bits per heavy atom. The quantitative estimate of drug-likeness (QED) is 0.691. The van der Waals surface area contributed by atoms with Gasteiger partial charge < -0.3 is 9.47 Å². The lowest BCUT2D eigenvalue weighted by Gasteiger charge is -2.16. The second kappa shape index (κ2) is 8.44. The first kappa shape index (κ1) is 20.4. The monoisotopic (exact) mass is 413 g/mol. The van der Waals surface area contributed by atoms with Crippen LogP contribution in [0.15, 0.2) is 48.7 Å². The summed E-state index contributed by atoms with van der Waals surface area (Å²) in [7, 11) is 1.82.